The van der Waals surface area contributed by atoms with Crippen molar-refractivity contribution in [3.05, 3.63) is 46.3 Å². The highest BCUT2D eigenvalue weighted by molar-refractivity contribution is 5.81. The van der Waals surface area contributed by atoms with E-state index in [1.807, 2.05) is 12.1 Å². The molecule has 0 aliphatic carbocycles. The van der Waals surface area contributed by atoms with Crippen molar-refractivity contribution in [2.45, 2.75) is 13.5 Å². The molecule has 0 unspecified atom stereocenters. The fourth-order valence-electron chi connectivity index (χ4n) is 1.52. The summed E-state index contributed by atoms with van der Waals surface area (Å²) >= 11 is 0. The second kappa shape index (κ2) is 5.10. The number of rotatable bonds is 3. The van der Waals surface area contributed by atoms with Crippen molar-refractivity contribution >= 4 is 12.0 Å². The minimum absolute atomic E-state index is 0.0174. The van der Waals surface area contributed by atoms with Crippen molar-refractivity contribution in [3.63, 3.8) is 0 Å². The molecule has 2 aromatic rings. The Balaban J connectivity index is 2.31. The van der Waals surface area contributed by atoms with Crippen LogP contribution >= 0.6 is 0 Å². The van der Waals surface area contributed by atoms with Gasteiger partial charge in [-0.3, -0.25) is 14.5 Å². The van der Waals surface area contributed by atoms with Crippen molar-refractivity contribution < 1.29 is 0 Å². The smallest absolute Gasteiger partial charge is 0.290 e. The second-order valence-electron chi connectivity index (χ2n) is 3.65. The predicted molar refractivity (Wildman–Crippen MR) is 66.9 cm³/mol. The van der Waals surface area contributed by atoms with Crippen molar-refractivity contribution in [3.8, 4) is 6.07 Å². The van der Waals surface area contributed by atoms with Crippen molar-refractivity contribution in [2.75, 3.05) is 0 Å². The van der Waals surface area contributed by atoms with Gasteiger partial charge >= 0.3 is 5.69 Å². The number of nitrogens with zero attached hydrogens (tertiary/aromatic N) is 4. The number of hydrogen-bond acceptors (Lipinski definition) is 4. The summed E-state index contributed by atoms with van der Waals surface area (Å²) in [5.74, 6) is 0.458. The summed E-state index contributed by atoms with van der Waals surface area (Å²) < 4.78 is 1.34. The Morgan fingerprint density at radius 3 is 3.17 bits per heavy atom. The van der Waals surface area contributed by atoms with E-state index in [1.165, 1.54) is 4.57 Å². The molecule has 2 heterocycles. The van der Waals surface area contributed by atoms with Crippen LogP contribution in [0.5, 0.6) is 0 Å². The highest BCUT2D eigenvalue weighted by Crippen LogP contribution is 2.12. The maximum atomic E-state index is 11.5. The van der Waals surface area contributed by atoms with Gasteiger partial charge in [0.1, 0.15) is 6.54 Å². The minimum Gasteiger partial charge on any atom is -0.290 e. The van der Waals surface area contributed by atoms with Crippen LogP contribution < -0.4 is 5.69 Å². The van der Waals surface area contributed by atoms with E-state index in [0.717, 1.165) is 5.56 Å². The van der Waals surface area contributed by atoms with Gasteiger partial charge in [0.25, 0.3) is 0 Å². The molecule has 0 aliphatic rings. The molecule has 18 heavy (non-hydrogen) atoms. The zero-order chi connectivity index (χ0) is 13.0. The maximum absolute atomic E-state index is 11.5. The van der Waals surface area contributed by atoms with E-state index >= 15 is 0 Å². The Morgan fingerprint density at radius 1 is 1.67 bits per heavy atom. The van der Waals surface area contributed by atoms with E-state index in [1.54, 1.807) is 31.6 Å². The molecule has 0 aliphatic heterocycles. The molecule has 6 heteroatoms. The SMILES string of the molecule is Cc1c(N=Cc2cccnc2)[nH]c(=O)n1CC#N. The Bertz CT molecular complexity index is 660. The monoisotopic (exact) mass is 241 g/mol. The molecular weight excluding hydrogens is 230 g/mol. The standard InChI is InChI=1S/C12H11N5O/c1-9-11(16-12(18)17(9)6-4-13)15-8-10-3-2-5-14-7-10/h2-3,5,7-8H,6H2,1H3,(H,16,18). The van der Waals surface area contributed by atoms with Crippen LogP contribution in [0, 0.1) is 18.3 Å². The lowest BCUT2D eigenvalue weighted by Crippen LogP contribution is -2.16. The van der Waals surface area contributed by atoms with Crippen LogP contribution in [-0.2, 0) is 6.54 Å². The quantitative estimate of drug-likeness (QED) is 0.818. The molecule has 0 saturated carbocycles. The van der Waals surface area contributed by atoms with Crippen LogP contribution in [0.3, 0.4) is 0 Å². The van der Waals surface area contributed by atoms with Gasteiger partial charge in [-0.15, -0.1) is 0 Å². The van der Waals surface area contributed by atoms with Crippen molar-refractivity contribution in [2.24, 2.45) is 4.99 Å². The van der Waals surface area contributed by atoms with Crippen LogP contribution in [0.15, 0.2) is 34.3 Å². The predicted octanol–water partition coefficient (Wildman–Crippen LogP) is 1.15. The number of H-pyrrole nitrogens is 1. The van der Waals surface area contributed by atoms with Gasteiger partial charge in [0.05, 0.1) is 11.8 Å². The van der Waals surface area contributed by atoms with Crippen molar-refractivity contribution in [1.29, 1.82) is 5.26 Å². The van der Waals surface area contributed by atoms with Crippen molar-refractivity contribution in [1.82, 2.24) is 14.5 Å². The molecule has 0 saturated heterocycles. The number of nitriles is 1. The molecule has 0 bridgehead atoms. The Morgan fingerprint density at radius 2 is 2.50 bits per heavy atom. The van der Waals surface area contributed by atoms with Gasteiger partial charge in [-0.2, -0.15) is 5.26 Å². The van der Waals surface area contributed by atoms with Gasteiger partial charge < -0.3 is 0 Å². The van der Waals surface area contributed by atoms with Gasteiger partial charge in [-0.25, -0.2) is 9.79 Å². The number of imidazole rings is 1. The van der Waals surface area contributed by atoms with Crippen LogP contribution in [0.4, 0.5) is 5.82 Å². The molecule has 2 rings (SSSR count). The summed E-state index contributed by atoms with van der Waals surface area (Å²) in [6.07, 6.45) is 4.96. The van der Waals surface area contributed by atoms with Gasteiger partial charge in [0, 0.05) is 24.2 Å². The average molecular weight is 241 g/mol. The van der Waals surface area contributed by atoms with Gasteiger partial charge in [0.2, 0.25) is 0 Å². The zero-order valence-corrected chi connectivity index (χ0v) is 9.79. The first-order chi connectivity index (χ1) is 8.72. The van der Waals surface area contributed by atoms with Crippen LogP contribution in [0.2, 0.25) is 0 Å². The number of hydrogen-bond donors (Lipinski definition) is 1. The van der Waals surface area contributed by atoms with Crippen LogP contribution in [0.1, 0.15) is 11.3 Å². The first-order valence-corrected chi connectivity index (χ1v) is 5.33. The number of aliphatic imine (C=N–C) groups is 1. The first-order valence-electron chi connectivity index (χ1n) is 5.33. The third-order valence-corrected chi connectivity index (χ3v) is 2.47. The molecular formula is C12H11N5O. The maximum Gasteiger partial charge on any atom is 0.328 e. The highest BCUT2D eigenvalue weighted by Gasteiger charge is 2.07. The third kappa shape index (κ3) is 2.35. The first kappa shape index (κ1) is 11.8. The number of aromatic nitrogens is 3. The summed E-state index contributed by atoms with van der Waals surface area (Å²) in [5.41, 5.74) is 1.15. The van der Waals surface area contributed by atoms with E-state index in [4.69, 9.17) is 5.26 Å². The number of pyridine rings is 1. The third-order valence-electron chi connectivity index (χ3n) is 2.47. The van der Waals surface area contributed by atoms with Crippen LogP contribution in [0.25, 0.3) is 0 Å². The lowest BCUT2D eigenvalue weighted by Gasteiger charge is -1.96. The Labute approximate surface area is 103 Å². The fraction of sp³-hybridized carbons (Fsp3) is 0.167. The molecule has 0 amide bonds. The molecule has 1 N–H and O–H groups in total. The van der Waals surface area contributed by atoms with E-state index in [0.29, 0.717) is 11.5 Å². The molecule has 0 atom stereocenters. The normalized spacial score (nSPS) is 10.7. The van der Waals surface area contributed by atoms with E-state index in [9.17, 15) is 4.79 Å². The summed E-state index contributed by atoms with van der Waals surface area (Å²) in [6, 6.07) is 5.59. The molecule has 0 radical (unpaired) electrons. The van der Waals surface area contributed by atoms with Crippen LogP contribution in [-0.4, -0.2) is 20.7 Å². The average Bonchev–Trinajstić information content (AvgIpc) is 2.66. The number of aromatic amines is 1. The summed E-state index contributed by atoms with van der Waals surface area (Å²) in [6.45, 7) is 1.76. The summed E-state index contributed by atoms with van der Waals surface area (Å²) in [5, 5.41) is 8.62. The summed E-state index contributed by atoms with van der Waals surface area (Å²) in [7, 11) is 0. The summed E-state index contributed by atoms with van der Waals surface area (Å²) in [4.78, 5) is 22.3. The molecule has 90 valence electrons. The molecule has 0 fully saturated rings. The second-order valence-corrected chi connectivity index (χ2v) is 3.65. The van der Waals surface area contributed by atoms with E-state index in [2.05, 4.69) is 15.0 Å². The topological polar surface area (TPSA) is 86.8 Å². The fourth-order valence-corrected chi connectivity index (χ4v) is 1.52. The minimum atomic E-state index is -0.326. The Hall–Kier alpha value is -2.68. The highest BCUT2D eigenvalue weighted by atomic mass is 16.1. The van der Waals surface area contributed by atoms with E-state index in [-0.39, 0.29) is 12.2 Å². The van der Waals surface area contributed by atoms with Gasteiger partial charge in [-0.1, -0.05) is 6.07 Å². The lowest BCUT2D eigenvalue weighted by molar-refractivity contribution is 0.764. The molecule has 6 nitrogen and oxygen atoms in total. The molecule has 2 aromatic heterocycles. The van der Waals surface area contributed by atoms with Gasteiger partial charge in [0.15, 0.2) is 5.82 Å². The zero-order valence-electron chi connectivity index (χ0n) is 9.79. The largest absolute Gasteiger partial charge is 0.328 e. The molecule has 0 spiro atoms. The van der Waals surface area contributed by atoms with E-state index < -0.39 is 0 Å². The number of nitrogens with one attached hydrogen (secondary N) is 1. The Kier molecular flexibility index (Phi) is 3.34. The lowest BCUT2D eigenvalue weighted by atomic mass is 10.3. The van der Waals surface area contributed by atoms with Gasteiger partial charge in [-0.05, 0) is 13.0 Å². The molecule has 0 aromatic carbocycles.